The van der Waals surface area contributed by atoms with Crippen molar-refractivity contribution in [2.45, 2.75) is 38.1 Å². The van der Waals surface area contributed by atoms with Crippen LogP contribution in [0.4, 0.5) is 4.39 Å². The smallest absolute Gasteiger partial charge is 0.260 e. The van der Waals surface area contributed by atoms with Gasteiger partial charge in [-0.15, -0.1) is 0 Å². The summed E-state index contributed by atoms with van der Waals surface area (Å²) in [6.07, 6.45) is 8.59. The van der Waals surface area contributed by atoms with Gasteiger partial charge < -0.3 is 14.2 Å². The lowest BCUT2D eigenvalue weighted by Crippen LogP contribution is -2.42. The molecule has 1 atom stereocenters. The maximum Gasteiger partial charge on any atom is 0.260 e. The van der Waals surface area contributed by atoms with Crippen LogP contribution < -0.4 is 4.74 Å². The van der Waals surface area contributed by atoms with E-state index in [0.717, 1.165) is 37.7 Å². The van der Waals surface area contributed by atoms with Crippen LogP contribution >= 0.6 is 0 Å². The van der Waals surface area contributed by atoms with Crippen LogP contribution in [0.15, 0.2) is 36.7 Å². The second kappa shape index (κ2) is 7.48. The lowest BCUT2D eigenvalue weighted by molar-refractivity contribution is -0.134. The van der Waals surface area contributed by atoms with Gasteiger partial charge in [-0.2, -0.15) is 0 Å². The van der Waals surface area contributed by atoms with Gasteiger partial charge in [0, 0.05) is 37.9 Å². The molecule has 1 aromatic carbocycles. The summed E-state index contributed by atoms with van der Waals surface area (Å²) in [5.74, 6) is 2.35. The number of piperidine rings is 1. The van der Waals surface area contributed by atoms with Crippen molar-refractivity contribution in [1.29, 1.82) is 0 Å². The Hall–Kier alpha value is -2.37. The van der Waals surface area contributed by atoms with E-state index in [4.69, 9.17) is 4.74 Å². The minimum Gasteiger partial charge on any atom is -0.484 e. The molecule has 2 aromatic rings. The number of nitrogens with zero attached hydrogens (tertiary/aromatic N) is 3. The predicted octanol–water partition coefficient (Wildman–Crippen LogP) is 3.22. The largest absolute Gasteiger partial charge is 0.484 e. The summed E-state index contributed by atoms with van der Waals surface area (Å²) in [4.78, 5) is 19.0. The summed E-state index contributed by atoms with van der Waals surface area (Å²) < 4.78 is 20.7. The zero-order valence-electron chi connectivity index (χ0n) is 14.8. The highest BCUT2D eigenvalue weighted by molar-refractivity contribution is 5.78. The van der Waals surface area contributed by atoms with Gasteiger partial charge in [-0.1, -0.05) is 0 Å². The summed E-state index contributed by atoms with van der Waals surface area (Å²) in [6.45, 7) is 2.47. The Morgan fingerprint density at radius 3 is 2.81 bits per heavy atom. The Balaban J connectivity index is 1.34. The Morgan fingerprint density at radius 2 is 2.04 bits per heavy atom. The molecular weight excluding hydrogens is 333 g/mol. The molecule has 1 aliphatic heterocycles. The van der Waals surface area contributed by atoms with E-state index in [9.17, 15) is 9.18 Å². The topological polar surface area (TPSA) is 47.4 Å². The van der Waals surface area contributed by atoms with Gasteiger partial charge in [0.15, 0.2) is 6.61 Å². The number of hydrogen-bond acceptors (Lipinski definition) is 3. The number of carbonyl (C=O) groups excluding carboxylic acids is 1. The highest BCUT2D eigenvalue weighted by atomic mass is 19.1. The molecule has 5 nitrogen and oxygen atoms in total. The lowest BCUT2D eigenvalue weighted by atomic mass is 9.97. The molecule has 138 valence electrons. The molecule has 0 radical (unpaired) electrons. The van der Waals surface area contributed by atoms with Crippen LogP contribution in [0, 0.1) is 11.7 Å². The highest BCUT2D eigenvalue weighted by Crippen LogP contribution is 2.33. The van der Waals surface area contributed by atoms with E-state index in [1.807, 2.05) is 11.1 Å². The summed E-state index contributed by atoms with van der Waals surface area (Å²) in [7, 11) is 0. The molecular formula is C20H24FN3O2. The summed E-state index contributed by atoms with van der Waals surface area (Å²) in [5, 5.41) is 0. The Labute approximate surface area is 152 Å². The Bertz CT molecular complexity index is 755. The van der Waals surface area contributed by atoms with Gasteiger partial charge in [0.05, 0.1) is 0 Å². The number of hydrogen-bond donors (Lipinski definition) is 0. The highest BCUT2D eigenvalue weighted by Gasteiger charge is 2.29. The number of amides is 1. The number of rotatable bonds is 6. The van der Waals surface area contributed by atoms with E-state index >= 15 is 0 Å². The van der Waals surface area contributed by atoms with E-state index in [0.29, 0.717) is 12.3 Å². The maximum atomic E-state index is 12.9. The number of carbonyl (C=O) groups is 1. The first kappa shape index (κ1) is 17.1. The molecule has 0 unspecified atom stereocenters. The first-order chi connectivity index (χ1) is 12.7. The van der Waals surface area contributed by atoms with E-state index in [-0.39, 0.29) is 24.2 Å². The average Bonchev–Trinajstić information content (AvgIpc) is 3.36. The summed E-state index contributed by atoms with van der Waals surface area (Å²) >= 11 is 0. The van der Waals surface area contributed by atoms with Gasteiger partial charge in [0.1, 0.15) is 17.4 Å². The number of likely N-dealkylation sites (tertiary alicyclic amines) is 1. The number of aromatic nitrogens is 2. The number of halogens is 1. The third kappa shape index (κ3) is 4.06. The van der Waals surface area contributed by atoms with Gasteiger partial charge in [-0.25, -0.2) is 9.37 Å². The number of ether oxygens (including phenoxy) is 1. The van der Waals surface area contributed by atoms with Crippen LogP contribution in [0.2, 0.25) is 0 Å². The fourth-order valence-corrected chi connectivity index (χ4v) is 3.60. The molecule has 1 amide bonds. The number of imidazole rings is 1. The van der Waals surface area contributed by atoms with Crippen molar-refractivity contribution in [3.8, 4) is 5.75 Å². The zero-order chi connectivity index (χ0) is 17.9. The van der Waals surface area contributed by atoms with Crippen LogP contribution in [-0.4, -0.2) is 40.1 Å². The third-order valence-electron chi connectivity index (χ3n) is 5.21. The van der Waals surface area contributed by atoms with Crippen molar-refractivity contribution in [2.24, 2.45) is 5.92 Å². The molecule has 26 heavy (non-hydrogen) atoms. The van der Waals surface area contributed by atoms with Gasteiger partial charge in [0.25, 0.3) is 5.91 Å². The Morgan fingerprint density at radius 1 is 1.23 bits per heavy atom. The SMILES string of the molecule is O=C(COc1ccc(F)cc1)N1CCC[C@@H](c2nccn2CC2CC2)C1. The van der Waals surface area contributed by atoms with Crippen molar-refractivity contribution in [2.75, 3.05) is 19.7 Å². The van der Waals surface area contributed by atoms with E-state index < -0.39 is 0 Å². The minimum absolute atomic E-state index is 0.0190. The first-order valence-corrected chi connectivity index (χ1v) is 9.36. The van der Waals surface area contributed by atoms with Gasteiger partial charge in [-0.3, -0.25) is 4.79 Å². The van der Waals surface area contributed by atoms with Crippen LogP contribution in [0.3, 0.4) is 0 Å². The van der Waals surface area contributed by atoms with Crippen molar-refractivity contribution in [3.05, 3.63) is 48.3 Å². The average molecular weight is 357 g/mol. The first-order valence-electron chi connectivity index (χ1n) is 9.36. The summed E-state index contributed by atoms with van der Waals surface area (Å²) in [6, 6.07) is 5.74. The van der Waals surface area contributed by atoms with Gasteiger partial charge in [-0.05, 0) is 55.9 Å². The van der Waals surface area contributed by atoms with Crippen molar-refractivity contribution >= 4 is 5.91 Å². The number of benzene rings is 1. The van der Waals surface area contributed by atoms with Gasteiger partial charge >= 0.3 is 0 Å². The minimum atomic E-state index is -0.316. The fraction of sp³-hybridized carbons (Fsp3) is 0.500. The lowest BCUT2D eigenvalue weighted by Gasteiger charge is -2.32. The molecule has 2 aliphatic rings. The predicted molar refractivity (Wildman–Crippen MR) is 95.4 cm³/mol. The van der Waals surface area contributed by atoms with Crippen molar-refractivity contribution in [3.63, 3.8) is 0 Å². The maximum absolute atomic E-state index is 12.9. The van der Waals surface area contributed by atoms with Gasteiger partial charge in [0.2, 0.25) is 0 Å². The fourth-order valence-electron chi connectivity index (χ4n) is 3.60. The van der Waals surface area contributed by atoms with Crippen molar-refractivity contribution in [1.82, 2.24) is 14.5 Å². The Kier molecular flexibility index (Phi) is 4.91. The third-order valence-corrected chi connectivity index (χ3v) is 5.21. The normalized spacial score (nSPS) is 20.2. The van der Waals surface area contributed by atoms with Crippen LogP contribution in [0.5, 0.6) is 5.75 Å². The molecule has 2 heterocycles. The molecule has 1 aromatic heterocycles. The van der Waals surface area contributed by atoms with Crippen LogP contribution in [0.25, 0.3) is 0 Å². The molecule has 1 aliphatic carbocycles. The van der Waals surface area contributed by atoms with Crippen molar-refractivity contribution < 1.29 is 13.9 Å². The monoisotopic (exact) mass is 357 g/mol. The second-order valence-corrected chi connectivity index (χ2v) is 7.30. The molecule has 1 saturated heterocycles. The molecule has 2 fully saturated rings. The molecule has 0 bridgehead atoms. The molecule has 4 rings (SSSR count). The second-order valence-electron chi connectivity index (χ2n) is 7.30. The quantitative estimate of drug-likeness (QED) is 0.798. The molecule has 1 saturated carbocycles. The summed E-state index contributed by atoms with van der Waals surface area (Å²) in [5.41, 5.74) is 0. The molecule has 6 heteroatoms. The van der Waals surface area contributed by atoms with Crippen LogP contribution in [0.1, 0.15) is 37.4 Å². The van der Waals surface area contributed by atoms with Crippen LogP contribution in [-0.2, 0) is 11.3 Å². The van der Waals surface area contributed by atoms with E-state index in [1.165, 1.54) is 37.1 Å². The molecule has 0 spiro atoms. The standard InChI is InChI=1S/C20H24FN3O2/c21-17-5-7-18(8-6-17)26-14-19(25)23-10-1-2-16(13-23)20-22-9-11-24(20)12-15-3-4-15/h5-9,11,15-16H,1-4,10,12-14H2/t16-/m1/s1. The molecule has 0 N–H and O–H groups in total. The zero-order valence-corrected chi connectivity index (χ0v) is 14.8. The van der Waals surface area contributed by atoms with E-state index in [1.54, 1.807) is 0 Å². The van der Waals surface area contributed by atoms with E-state index in [2.05, 4.69) is 15.7 Å².